The van der Waals surface area contributed by atoms with Gasteiger partial charge in [-0.2, -0.15) is 0 Å². The van der Waals surface area contributed by atoms with Gasteiger partial charge in [-0.1, -0.05) is 0 Å². The molecule has 8 heteroatoms. The van der Waals surface area contributed by atoms with Crippen LogP contribution in [0, 0.1) is 12.7 Å². The Kier molecular flexibility index (Phi) is 4.86. The van der Waals surface area contributed by atoms with Crippen molar-refractivity contribution in [3.63, 3.8) is 0 Å². The van der Waals surface area contributed by atoms with Crippen LogP contribution in [0.2, 0.25) is 0 Å². The maximum absolute atomic E-state index is 13.2. The number of aryl methyl sites for hydroxylation is 1. The summed E-state index contributed by atoms with van der Waals surface area (Å²) in [6.45, 7) is 1.84. The van der Waals surface area contributed by atoms with Crippen LogP contribution < -0.4 is 10.1 Å². The molecule has 3 rings (SSSR count). The Labute approximate surface area is 149 Å². The third kappa shape index (κ3) is 3.77. The molecule has 0 saturated carbocycles. The van der Waals surface area contributed by atoms with Crippen molar-refractivity contribution in [3.05, 3.63) is 63.5 Å². The van der Waals surface area contributed by atoms with E-state index in [1.165, 1.54) is 35.7 Å². The Bertz CT molecular complexity index is 901. The van der Waals surface area contributed by atoms with Crippen LogP contribution in [0.1, 0.15) is 16.1 Å². The van der Waals surface area contributed by atoms with E-state index in [2.05, 4.69) is 31.2 Å². The summed E-state index contributed by atoms with van der Waals surface area (Å²) in [5.74, 6) is -0.303. The minimum Gasteiger partial charge on any atom is -0.437 e. The minimum absolute atomic E-state index is 0.121. The van der Waals surface area contributed by atoms with E-state index in [9.17, 15) is 9.18 Å². The summed E-state index contributed by atoms with van der Waals surface area (Å²) < 4.78 is 19.2. The number of halogens is 2. The Balaban J connectivity index is 1.86. The molecule has 0 fully saturated rings. The van der Waals surface area contributed by atoms with Gasteiger partial charge in [-0.3, -0.25) is 10.1 Å². The molecule has 0 atom stereocenters. The maximum Gasteiger partial charge on any atom is 0.262 e. The van der Waals surface area contributed by atoms with E-state index in [1.54, 1.807) is 12.1 Å². The average Bonchev–Trinajstić information content (AvgIpc) is 2.95. The molecule has 0 unspecified atom stereocenters. The Morgan fingerprint density at radius 1 is 1.38 bits per heavy atom. The number of nitrogens with one attached hydrogen (secondary N) is 1. The van der Waals surface area contributed by atoms with Gasteiger partial charge in [0.05, 0.1) is 10.2 Å². The SMILES string of the molecule is Cc1csc(NC(=O)c2cccnc2Oc2ccc(F)cc2Br)n1. The summed E-state index contributed by atoms with van der Waals surface area (Å²) in [6.07, 6.45) is 1.51. The number of rotatable bonds is 4. The van der Waals surface area contributed by atoms with Gasteiger partial charge in [0, 0.05) is 11.6 Å². The summed E-state index contributed by atoms with van der Waals surface area (Å²) in [5, 5.41) is 5.04. The third-order valence-corrected chi connectivity index (χ3v) is 4.45. The lowest BCUT2D eigenvalue weighted by molar-refractivity contribution is 0.102. The molecule has 2 heterocycles. The summed E-state index contributed by atoms with van der Waals surface area (Å²) in [5.41, 5.74) is 1.08. The Morgan fingerprint density at radius 3 is 2.92 bits per heavy atom. The first-order valence-electron chi connectivity index (χ1n) is 6.84. The number of nitrogens with zero attached hydrogens (tertiary/aromatic N) is 2. The Morgan fingerprint density at radius 2 is 2.21 bits per heavy atom. The molecule has 1 amide bonds. The topological polar surface area (TPSA) is 64.1 Å². The molecule has 0 spiro atoms. The lowest BCUT2D eigenvalue weighted by atomic mass is 10.2. The molecule has 1 N–H and O–H groups in total. The number of anilines is 1. The molecule has 5 nitrogen and oxygen atoms in total. The number of ether oxygens (including phenoxy) is 1. The molecule has 0 bridgehead atoms. The summed E-state index contributed by atoms with van der Waals surface area (Å²) in [4.78, 5) is 20.7. The number of carbonyl (C=O) groups is 1. The largest absolute Gasteiger partial charge is 0.437 e. The highest BCUT2D eigenvalue weighted by Gasteiger charge is 2.16. The molecule has 0 aliphatic rings. The number of carbonyl (C=O) groups excluding carboxylic acids is 1. The number of hydrogen-bond acceptors (Lipinski definition) is 5. The molecule has 0 saturated heterocycles. The van der Waals surface area contributed by atoms with Gasteiger partial charge in [-0.05, 0) is 53.2 Å². The normalized spacial score (nSPS) is 10.5. The average molecular weight is 408 g/mol. The molecular weight excluding hydrogens is 397 g/mol. The van der Waals surface area contributed by atoms with Gasteiger partial charge in [0.2, 0.25) is 5.88 Å². The highest BCUT2D eigenvalue weighted by atomic mass is 79.9. The van der Waals surface area contributed by atoms with E-state index in [4.69, 9.17) is 4.74 Å². The molecular formula is C16H11BrFN3O2S. The van der Waals surface area contributed by atoms with E-state index in [-0.39, 0.29) is 17.4 Å². The van der Waals surface area contributed by atoms with Gasteiger partial charge in [0.25, 0.3) is 5.91 Å². The first-order chi connectivity index (χ1) is 11.5. The molecule has 2 aromatic heterocycles. The van der Waals surface area contributed by atoms with Crippen LogP contribution in [0.3, 0.4) is 0 Å². The number of hydrogen-bond donors (Lipinski definition) is 1. The zero-order valence-electron chi connectivity index (χ0n) is 12.4. The van der Waals surface area contributed by atoms with Gasteiger partial charge in [-0.25, -0.2) is 14.4 Å². The second-order valence-corrected chi connectivity index (χ2v) is 6.49. The van der Waals surface area contributed by atoms with Crippen LogP contribution in [0.4, 0.5) is 9.52 Å². The van der Waals surface area contributed by atoms with Crippen molar-refractivity contribution >= 4 is 38.3 Å². The number of aromatic nitrogens is 2. The quantitative estimate of drug-likeness (QED) is 0.674. The molecule has 0 aliphatic carbocycles. The van der Waals surface area contributed by atoms with Crippen molar-refractivity contribution in [2.24, 2.45) is 0 Å². The van der Waals surface area contributed by atoms with E-state index in [0.29, 0.717) is 15.4 Å². The van der Waals surface area contributed by atoms with E-state index < -0.39 is 5.82 Å². The van der Waals surface area contributed by atoms with Crippen LogP contribution in [0.5, 0.6) is 11.6 Å². The second-order valence-electron chi connectivity index (χ2n) is 4.78. The van der Waals surface area contributed by atoms with Gasteiger partial charge in [0.1, 0.15) is 17.1 Å². The molecule has 0 aliphatic heterocycles. The fraction of sp³-hybridized carbons (Fsp3) is 0.0625. The summed E-state index contributed by atoms with van der Waals surface area (Å²) in [6, 6.07) is 7.22. The fourth-order valence-electron chi connectivity index (χ4n) is 1.88. The molecule has 1 aromatic carbocycles. The smallest absolute Gasteiger partial charge is 0.262 e. The predicted octanol–water partition coefficient (Wildman–Crippen LogP) is 4.79. The van der Waals surface area contributed by atoms with Gasteiger partial charge in [-0.15, -0.1) is 11.3 Å². The lowest BCUT2D eigenvalue weighted by Crippen LogP contribution is -2.13. The molecule has 0 radical (unpaired) electrons. The van der Waals surface area contributed by atoms with Crippen molar-refractivity contribution < 1.29 is 13.9 Å². The van der Waals surface area contributed by atoms with Crippen molar-refractivity contribution in [3.8, 4) is 11.6 Å². The van der Waals surface area contributed by atoms with Crippen LogP contribution >= 0.6 is 27.3 Å². The van der Waals surface area contributed by atoms with Crippen molar-refractivity contribution in [2.45, 2.75) is 6.92 Å². The van der Waals surface area contributed by atoms with Gasteiger partial charge in [0.15, 0.2) is 5.13 Å². The standard InChI is InChI=1S/C16H11BrFN3O2S/c1-9-8-24-16(20-9)21-14(22)11-3-2-6-19-15(11)23-13-5-4-10(18)7-12(13)17/h2-8H,1H3,(H,20,21,22). The van der Waals surface area contributed by atoms with Crippen molar-refractivity contribution in [1.82, 2.24) is 9.97 Å². The zero-order chi connectivity index (χ0) is 17.1. The first-order valence-corrected chi connectivity index (χ1v) is 8.51. The third-order valence-electron chi connectivity index (χ3n) is 2.96. The predicted molar refractivity (Wildman–Crippen MR) is 93.2 cm³/mol. The van der Waals surface area contributed by atoms with E-state index >= 15 is 0 Å². The van der Waals surface area contributed by atoms with Crippen molar-refractivity contribution in [1.29, 1.82) is 0 Å². The first kappa shape index (κ1) is 16.5. The van der Waals surface area contributed by atoms with Crippen molar-refractivity contribution in [2.75, 3.05) is 5.32 Å². The summed E-state index contributed by atoms with van der Waals surface area (Å²) >= 11 is 4.55. The fourth-order valence-corrected chi connectivity index (χ4v) is 3.00. The zero-order valence-corrected chi connectivity index (χ0v) is 14.8. The summed E-state index contributed by atoms with van der Waals surface area (Å²) in [7, 11) is 0. The molecule has 3 aromatic rings. The molecule has 24 heavy (non-hydrogen) atoms. The number of thiazole rings is 1. The highest BCUT2D eigenvalue weighted by Crippen LogP contribution is 2.31. The van der Waals surface area contributed by atoms with Crippen LogP contribution in [0.15, 0.2) is 46.4 Å². The maximum atomic E-state index is 13.2. The number of pyridine rings is 1. The van der Waals surface area contributed by atoms with E-state index in [1.807, 2.05) is 12.3 Å². The van der Waals surface area contributed by atoms with Crippen LogP contribution in [-0.4, -0.2) is 15.9 Å². The number of amides is 1. The van der Waals surface area contributed by atoms with Crippen LogP contribution in [0.25, 0.3) is 0 Å². The van der Waals surface area contributed by atoms with Gasteiger partial charge < -0.3 is 4.74 Å². The number of benzene rings is 1. The Hall–Kier alpha value is -2.32. The highest BCUT2D eigenvalue weighted by molar-refractivity contribution is 9.10. The minimum atomic E-state index is -0.396. The molecule has 122 valence electrons. The van der Waals surface area contributed by atoms with E-state index in [0.717, 1.165) is 5.69 Å². The van der Waals surface area contributed by atoms with Crippen LogP contribution in [-0.2, 0) is 0 Å². The monoisotopic (exact) mass is 407 g/mol. The second kappa shape index (κ2) is 7.06. The lowest BCUT2D eigenvalue weighted by Gasteiger charge is -2.10. The van der Waals surface area contributed by atoms with Gasteiger partial charge >= 0.3 is 0 Å².